The highest BCUT2D eigenvalue weighted by Gasteiger charge is 2.40. The number of carbonyl (C=O) groups is 1. The fraction of sp³-hybridized carbons (Fsp3) is 0.929. The molecule has 4 aliphatic rings. The molecule has 2 unspecified atom stereocenters. The summed E-state index contributed by atoms with van der Waals surface area (Å²) >= 11 is 0. The summed E-state index contributed by atoms with van der Waals surface area (Å²) in [5.41, 5.74) is 0. The van der Waals surface area contributed by atoms with Gasteiger partial charge in [-0.2, -0.15) is 0 Å². The molecule has 0 aliphatic carbocycles. The van der Waals surface area contributed by atoms with Gasteiger partial charge in [0.1, 0.15) is 0 Å². The van der Waals surface area contributed by atoms with Gasteiger partial charge in [0.15, 0.2) is 0 Å². The van der Waals surface area contributed by atoms with Crippen molar-refractivity contribution < 1.29 is 9.90 Å². The van der Waals surface area contributed by atoms with Crippen LogP contribution in [0.2, 0.25) is 0 Å². The molecule has 4 heteroatoms. The molecular formula is C14H24N2O2. The molecule has 4 rings (SSSR count). The van der Waals surface area contributed by atoms with Crippen molar-refractivity contribution in [3.8, 4) is 0 Å². The fourth-order valence-electron chi connectivity index (χ4n) is 4.19. The molecule has 0 spiro atoms. The Balaban J connectivity index is 1.70. The van der Waals surface area contributed by atoms with Crippen LogP contribution >= 0.6 is 0 Å². The van der Waals surface area contributed by atoms with Gasteiger partial charge >= 0.3 is 5.97 Å². The smallest absolute Gasteiger partial charge is 0.304 e. The van der Waals surface area contributed by atoms with Crippen LogP contribution in [0.4, 0.5) is 0 Å². The van der Waals surface area contributed by atoms with Crippen molar-refractivity contribution in [1.29, 1.82) is 0 Å². The van der Waals surface area contributed by atoms with Gasteiger partial charge in [0.25, 0.3) is 0 Å². The van der Waals surface area contributed by atoms with Crippen LogP contribution in [0, 0.1) is 5.92 Å². The van der Waals surface area contributed by atoms with Crippen LogP contribution < -0.4 is 0 Å². The third kappa shape index (κ3) is 2.41. The number of aliphatic carboxylic acids is 1. The number of carboxylic acids is 1. The number of piperidine rings is 4. The average molecular weight is 252 g/mol. The molecular weight excluding hydrogens is 228 g/mol. The molecule has 2 bridgehead atoms. The van der Waals surface area contributed by atoms with Crippen LogP contribution in [0.1, 0.15) is 38.5 Å². The van der Waals surface area contributed by atoms with E-state index in [1.807, 2.05) is 0 Å². The van der Waals surface area contributed by atoms with Gasteiger partial charge in [-0.3, -0.25) is 9.69 Å². The Labute approximate surface area is 109 Å². The number of rotatable bonds is 3. The van der Waals surface area contributed by atoms with E-state index in [1.54, 1.807) is 0 Å². The molecule has 4 nitrogen and oxygen atoms in total. The molecule has 4 aliphatic heterocycles. The quantitative estimate of drug-likeness (QED) is 0.825. The van der Waals surface area contributed by atoms with E-state index in [4.69, 9.17) is 5.11 Å². The minimum atomic E-state index is -0.631. The highest BCUT2D eigenvalue weighted by molar-refractivity contribution is 5.67. The van der Waals surface area contributed by atoms with Crippen LogP contribution in [0.5, 0.6) is 0 Å². The van der Waals surface area contributed by atoms with E-state index in [0.29, 0.717) is 18.5 Å². The third-order valence-corrected chi connectivity index (χ3v) is 5.13. The van der Waals surface area contributed by atoms with E-state index in [0.717, 1.165) is 18.9 Å². The van der Waals surface area contributed by atoms with Crippen LogP contribution in [0.3, 0.4) is 0 Å². The maximum absolute atomic E-state index is 11.0. The number of hydrogen-bond acceptors (Lipinski definition) is 3. The van der Waals surface area contributed by atoms with Crippen molar-refractivity contribution in [3.63, 3.8) is 0 Å². The number of carboxylic acid groups (broad SMARTS) is 1. The Morgan fingerprint density at radius 2 is 1.89 bits per heavy atom. The van der Waals surface area contributed by atoms with Crippen LogP contribution in [-0.2, 0) is 4.79 Å². The molecule has 0 aromatic heterocycles. The molecule has 0 aromatic rings. The predicted molar refractivity (Wildman–Crippen MR) is 69.5 cm³/mol. The van der Waals surface area contributed by atoms with E-state index < -0.39 is 5.97 Å². The predicted octanol–water partition coefficient (Wildman–Crippen LogP) is 1.41. The molecule has 0 radical (unpaired) electrons. The first kappa shape index (κ1) is 12.4. The lowest BCUT2D eigenvalue weighted by Gasteiger charge is -2.52. The second-order valence-corrected chi connectivity index (χ2v) is 6.19. The van der Waals surface area contributed by atoms with Crippen LogP contribution in [-0.4, -0.2) is 59.1 Å². The van der Waals surface area contributed by atoms with Gasteiger partial charge in [-0.05, 0) is 51.2 Å². The Kier molecular flexibility index (Phi) is 3.57. The van der Waals surface area contributed by atoms with E-state index in [2.05, 4.69) is 9.80 Å². The second kappa shape index (κ2) is 5.17. The van der Waals surface area contributed by atoms with Crippen molar-refractivity contribution in [2.45, 2.75) is 50.6 Å². The molecule has 4 fully saturated rings. The Morgan fingerprint density at radius 1 is 1.11 bits per heavy atom. The lowest BCUT2D eigenvalue weighted by Crippen LogP contribution is -2.60. The molecule has 0 saturated carbocycles. The number of hydrogen-bond donors (Lipinski definition) is 1. The first-order chi connectivity index (χ1) is 8.74. The number of nitrogens with zero attached hydrogens (tertiary/aromatic N) is 2. The molecule has 4 heterocycles. The van der Waals surface area contributed by atoms with E-state index >= 15 is 0 Å². The highest BCUT2D eigenvalue weighted by Crippen LogP contribution is 2.34. The first-order valence-corrected chi connectivity index (χ1v) is 7.44. The number of fused-ring (bicyclic) bond motifs is 3. The fourth-order valence-corrected chi connectivity index (χ4v) is 4.19. The molecule has 4 saturated heterocycles. The Bertz CT molecular complexity index is 313. The van der Waals surface area contributed by atoms with Crippen LogP contribution in [0.15, 0.2) is 0 Å². The summed E-state index contributed by atoms with van der Waals surface area (Å²) in [4.78, 5) is 16.1. The van der Waals surface area contributed by atoms with Gasteiger partial charge in [-0.25, -0.2) is 0 Å². The minimum absolute atomic E-state index is 0.293. The van der Waals surface area contributed by atoms with Crippen molar-refractivity contribution in [2.75, 3.05) is 26.2 Å². The summed E-state index contributed by atoms with van der Waals surface area (Å²) < 4.78 is 0. The van der Waals surface area contributed by atoms with Gasteiger partial charge < -0.3 is 10.0 Å². The third-order valence-electron chi connectivity index (χ3n) is 5.13. The van der Waals surface area contributed by atoms with Gasteiger partial charge in [0, 0.05) is 18.6 Å². The van der Waals surface area contributed by atoms with Crippen LogP contribution in [0.25, 0.3) is 0 Å². The van der Waals surface area contributed by atoms with Gasteiger partial charge in [-0.1, -0.05) is 6.42 Å². The average Bonchev–Trinajstić information content (AvgIpc) is 2.40. The zero-order chi connectivity index (χ0) is 12.5. The highest BCUT2D eigenvalue weighted by atomic mass is 16.4. The zero-order valence-electron chi connectivity index (χ0n) is 11.1. The summed E-state index contributed by atoms with van der Waals surface area (Å²) in [6, 6.07) is 0.930. The lowest BCUT2D eigenvalue weighted by atomic mass is 9.81. The Morgan fingerprint density at radius 3 is 2.50 bits per heavy atom. The molecule has 0 aromatic carbocycles. The standard InChI is InChI=1S/C14H24N2O2/c17-14(18)9-12-3-1-2-6-16(12)13-10-15-7-4-11(13)5-8-15/h11-13H,1-10H2,(H,17,18). The summed E-state index contributed by atoms with van der Waals surface area (Å²) in [7, 11) is 0. The van der Waals surface area contributed by atoms with E-state index in [-0.39, 0.29) is 0 Å². The van der Waals surface area contributed by atoms with Gasteiger partial charge in [0.05, 0.1) is 6.42 Å². The molecule has 0 amide bonds. The van der Waals surface area contributed by atoms with Gasteiger partial charge in [0.2, 0.25) is 0 Å². The lowest BCUT2D eigenvalue weighted by molar-refractivity contribution is -0.139. The summed E-state index contributed by atoms with van der Waals surface area (Å²) in [6.07, 6.45) is 6.51. The maximum atomic E-state index is 11.0. The minimum Gasteiger partial charge on any atom is -0.481 e. The summed E-state index contributed by atoms with van der Waals surface area (Å²) in [5, 5.41) is 9.08. The second-order valence-electron chi connectivity index (χ2n) is 6.19. The van der Waals surface area contributed by atoms with Crippen molar-refractivity contribution >= 4 is 5.97 Å². The normalized spacial score (nSPS) is 40.9. The maximum Gasteiger partial charge on any atom is 0.304 e. The summed E-state index contributed by atoms with van der Waals surface area (Å²) in [5.74, 6) is 0.192. The molecule has 18 heavy (non-hydrogen) atoms. The molecule has 102 valence electrons. The topological polar surface area (TPSA) is 43.8 Å². The SMILES string of the molecule is O=C(O)CC1CCCCN1C1CN2CCC1CC2. The van der Waals surface area contributed by atoms with E-state index in [1.165, 1.54) is 45.3 Å². The molecule has 1 N–H and O–H groups in total. The van der Waals surface area contributed by atoms with E-state index in [9.17, 15) is 4.79 Å². The first-order valence-electron chi connectivity index (χ1n) is 7.44. The Hall–Kier alpha value is -0.610. The van der Waals surface area contributed by atoms with Crippen molar-refractivity contribution in [2.24, 2.45) is 5.92 Å². The zero-order valence-corrected chi connectivity index (χ0v) is 11.1. The summed E-state index contributed by atoms with van der Waals surface area (Å²) in [6.45, 7) is 4.82. The van der Waals surface area contributed by atoms with Gasteiger partial charge in [-0.15, -0.1) is 0 Å². The largest absolute Gasteiger partial charge is 0.481 e. The number of likely N-dealkylation sites (tertiary alicyclic amines) is 1. The monoisotopic (exact) mass is 252 g/mol. The molecule has 2 atom stereocenters. The van der Waals surface area contributed by atoms with Crippen molar-refractivity contribution in [1.82, 2.24) is 9.80 Å². The van der Waals surface area contributed by atoms with Crippen molar-refractivity contribution in [3.05, 3.63) is 0 Å².